The summed E-state index contributed by atoms with van der Waals surface area (Å²) in [7, 11) is 0. The minimum Gasteiger partial charge on any atom is -0.494 e. The average Bonchev–Trinajstić information content (AvgIpc) is 2.14. The van der Waals surface area contributed by atoms with Crippen molar-refractivity contribution in [1.82, 2.24) is 0 Å². The lowest BCUT2D eigenvalue weighted by Gasteiger charge is -2.18. The highest BCUT2D eigenvalue weighted by molar-refractivity contribution is 6.74. The molecule has 0 aliphatic rings. The Balaban J connectivity index is 2.69. The lowest BCUT2D eigenvalue weighted by molar-refractivity contribution is 0.289. The zero-order valence-corrected chi connectivity index (χ0v) is 10.3. The molecule has 0 aliphatic heterocycles. The first-order chi connectivity index (χ1) is 7.80. The van der Waals surface area contributed by atoms with Crippen molar-refractivity contribution in [3.05, 3.63) is 23.8 Å². The van der Waals surface area contributed by atoms with Crippen LogP contribution in [-0.4, -0.2) is 13.6 Å². The van der Waals surface area contributed by atoms with E-state index in [-0.39, 0.29) is 5.56 Å². The van der Waals surface area contributed by atoms with Gasteiger partial charge in [0.15, 0.2) is 0 Å². The average molecular weight is 245 g/mol. The maximum atomic E-state index is 12.6. The molecule has 0 aromatic heterocycles. The van der Waals surface area contributed by atoms with Crippen molar-refractivity contribution in [2.24, 2.45) is 5.92 Å². The number of hydrogen-bond donors (Lipinski definition) is 0. The zero-order chi connectivity index (χ0) is 13.1. The molecule has 0 bridgehead atoms. The molecule has 0 amide bonds. The number of hydrogen-bond acceptors (Lipinski definition) is 1. The predicted octanol–water partition coefficient (Wildman–Crippen LogP) is 3.47. The minimum absolute atomic E-state index is 0.222. The Kier molecular flexibility index (Phi) is 4.49. The fraction of sp³-hybridized carbons (Fsp3) is 0.500. The third-order valence-corrected chi connectivity index (χ3v) is 2.56. The first-order valence-corrected chi connectivity index (χ1v) is 5.74. The molecule has 0 atom stereocenters. The van der Waals surface area contributed by atoms with Crippen LogP contribution in [0.1, 0.15) is 25.8 Å². The second-order valence-corrected chi connectivity index (χ2v) is 4.62. The summed E-state index contributed by atoms with van der Waals surface area (Å²) in [6.07, 6.45) is 0.893. The highest BCUT2D eigenvalue weighted by Gasteiger charge is 2.27. The van der Waals surface area contributed by atoms with Crippen LogP contribution in [0, 0.1) is 12.8 Å². The van der Waals surface area contributed by atoms with Gasteiger partial charge in [0.05, 0.1) is 6.61 Å². The van der Waals surface area contributed by atoms with Crippen LogP contribution in [0.4, 0.5) is 12.9 Å². The van der Waals surface area contributed by atoms with Gasteiger partial charge in [0.2, 0.25) is 0 Å². The molecule has 0 spiro atoms. The van der Waals surface area contributed by atoms with Gasteiger partial charge in [-0.3, -0.25) is 0 Å². The van der Waals surface area contributed by atoms with Crippen LogP contribution >= 0.6 is 0 Å². The molecule has 0 radical (unpaired) electrons. The first kappa shape index (κ1) is 13.9. The first-order valence-electron chi connectivity index (χ1n) is 5.74. The molecule has 96 valence electrons. The lowest BCUT2D eigenvalue weighted by atomic mass is 9.77. The van der Waals surface area contributed by atoms with E-state index in [1.54, 1.807) is 0 Å². The molecule has 1 nitrogen and oxygen atoms in total. The van der Waals surface area contributed by atoms with E-state index in [0.29, 0.717) is 18.3 Å². The molecule has 0 unspecified atom stereocenters. The Bertz CT molecular complexity index is 375. The number of rotatable bonds is 5. The van der Waals surface area contributed by atoms with Crippen LogP contribution in [0.3, 0.4) is 0 Å². The van der Waals surface area contributed by atoms with Crippen molar-refractivity contribution in [3.8, 4) is 5.75 Å². The van der Waals surface area contributed by atoms with Gasteiger partial charge < -0.3 is 17.7 Å². The molecule has 0 aliphatic carbocycles. The molecule has 0 heterocycles. The highest BCUT2D eigenvalue weighted by Crippen LogP contribution is 2.17. The van der Waals surface area contributed by atoms with Crippen LogP contribution in [0.2, 0.25) is 0 Å². The van der Waals surface area contributed by atoms with E-state index in [9.17, 15) is 12.9 Å². The van der Waals surface area contributed by atoms with Crippen LogP contribution in [-0.2, 0) is 0 Å². The van der Waals surface area contributed by atoms with Gasteiger partial charge in [-0.2, -0.15) is 0 Å². The molecule has 0 fully saturated rings. The fourth-order valence-corrected chi connectivity index (χ4v) is 1.52. The van der Waals surface area contributed by atoms with Crippen molar-refractivity contribution in [3.63, 3.8) is 0 Å². The van der Waals surface area contributed by atoms with E-state index < -0.39 is 12.4 Å². The molecular weight excluding hydrogens is 228 g/mol. The second-order valence-electron chi connectivity index (χ2n) is 4.62. The van der Waals surface area contributed by atoms with Gasteiger partial charge in [0.25, 0.3) is 0 Å². The number of halogens is 3. The molecule has 0 N–H and O–H groups in total. The van der Waals surface area contributed by atoms with Crippen LogP contribution in [0.25, 0.3) is 0 Å². The van der Waals surface area contributed by atoms with Gasteiger partial charge in [0.1, 0.15) is 5.75 Å². The topological polar surface area (TPSA) is 9.23 Å². The third kappa shape index (κ3) is 4.33. The Morgan fingerprint density at radius 1 is 1.24 bits per heavy atom. The van der Waals surface area contributed by atoms with Crippen LogP contribution in [0.5, 0.6) is 5.75 Å². The normalized spacial score (nSPS) is 11.9. The van der Waals surface area contributed by atoms with Crippen molar-refractivity contribution in [2.75, 3.05) is 6.61 Å². The van der Waals surface area contributed by atoms with E-state index >= 15 is 0 Å². The summed E-state index contributed by atoms with van der Waals surface area (Å²) in [4.78, 5) is 0. The monoisotopic (exact) mass is 245 g/mol. The van der Waals surface area contributed by atoms with Crippen molar-refractivity contribution in [2.45, 2.75) is 27.2 Å². The molecular formula is C12H17BF3O-. The standard InChI is InChI=1S/C12H17BF3O/c1-9(2)6-7-17-11-4-5-12(10(3)8-11)13(14,15)16/h4-5,8-9H,6-7H2,1-3H3/q-1. The predicted molar refractivity (Wildman–Crippen MR) is 64.8 cm³/mol. The van der Waals surface area contributed by atoms with Gasteiger partial charge in [-0.25, -0.2) is 0 Å². The maximum absolute atomic E-state index is 12.6. The largest absolute Gasteiger partial charge is 0.509 e. The molecule has 5 heteroatoms. The summed E-state index contributed by atoms with van der Waals surface area (Å²) in [5.41, 5.74) is -0.319. The minimum atomic E-state index is -4.93. The Hall–Kier alpha value is -1.13. The summed E-state index contributed by atoms with van der Waals surface area (Å²) in [6.45, 7) is 1.21. The van der Waals surface area contributed by atoms with Crippen molar-refractivity contribution in [1.29, 1.82) is 0 Å². The van der Waals surface area contributed by atoms with Crippen molar-refractivity contribution >= 4 is 12.4 Å². The summed E-state index contributed by atoms with van der Waals surface area (Å²) in [6, 6.07) is 3.93. The Morgan fingerprint density at radius 2 is 1.88 bits per heavy atom. The Morgan fingerprint density at radius 3 is 2.35 bits per heavy atom. The number of ether oxygens (including phenoxy) is 1. The number of aryl methyl sites for hydroxylation is 1. The van der Waals surface area contributed by atoms with Gasteiger partial charge in [-0.1, -0.05) is 25.5 Å². The molecule has 0 saturated carbocycles. The molecule has 1 rings (SSSR count). The highest BCUT2D eigenvalue weighted by atomic mass is 19.4. The fourth-order valence-electron chi connectivity index (χ4n) is 1.52. The van der Waals surface area contributed by atoms with E-state index in [4.69, 9.17) is 4.74 Å². The maximum Gasteiger partial charge on any atom is 0.509 e. The molecule has 0 saturated heterocycles. The molecule has 1 aromatic carbocycles. The van der Waals surface area contributed by atoms with E-state index in [1.165, 1.54) is 19.1 Å². The summed E-state index contributed by atoms with van der Waals surface area (Å²) < 4.78 is 43.1. The SMILES string of the molecule is Cc1cc(OCCC(C)C)ccc1[B-](F)(F)F. The third-order valence-electron chi connectivity index (χ3n) is 2.56. The number of benzene rings is 1. The molecule has 17 heavy (non-hydrogen) atoms. The molecule has 1 aromatic rings. The second kappa shape index (κ2) is 5.47. The smallest absolute Gasteiger partial charge is 0.494 e. The van der Waals surface area contributed by atoms with Gasteiger partial charge in [0, 0.05) is 0 Å². The Labute approximate surface area is 100 Å². The summed E-state index contributed by atoms with van der Waals surface area (Å²) in [5, 5.41) is 0. The van der Waals surface area contributed by atoms with Gasteiger partial charge in [-0.15, -0.1) is 5.46 Å². The van der Waals surface area contributed by atoms with Crippen molar-refractivity contribution < 1.29 is 17.7 Å². The van der Waals surface area contributed by atoms with E-state index in [1.807, 2.05) is 0 Å². The van der Waals surface area contributed by atoms with Crippen LogP contribution in [0.15, 0.2) is 18.2 Å². The van der Waals surface area contributed by atoms with Crippen LogP contribution < -0.4 is 10.2 Å². The summed E-state index contributed by atoms with van der Waals surface area (Å²) >= 11 is 0. The van der Waals surface area contributed by atoms with E-state index in [2.05, 4.69) is 13.8 Å². The van der Waals surface area contributed by atoms with Gasteiger partial charge in [-0.05, 0) is 31.4 Å². The zero-order valence-electron chi connectivity index (χ0n) is 10.3. The van der Waals surface area contributed by atoms with Gasteiger partial charge >= 0.3 is 6.98 Å². The quantitative estimate of drug-likeness (QED) is 0.721. The lowest BCUT2D eigenvalue weighted by Crippen LogP contribution is -2.35. The van der Waals surface area contributed by atoms with E-state index in [0.717, 1.165) is 12.5 Å². The summed E-state index contributed by atoms with van der Waals surface area (Å²) in [5.74, 6) is 1.03.